The van der Waals surface area contributed by atoms with E-state index in [0.717, 1.165) is 24.2 Å². The molecule has 1 heterocycles. The van der Waals surface area contributed by atoms with Crippen LogP contribution < -0.4 is 10.5 Å². The van der Waals surface area contributed by atoms with Crippen LogP contribution in [0, 0.1) is 12.8 Å². The van der Waals surface area contributed by atoms with Gasteiger partial charge in [0.2, 0.25) is 0 Å². The van der Waals surface area contributed by atoms with E-state index in [1.807, 2.05) is 13.0 Å². The molecule has 0 bridgehead atoms. The lowest BCUT2D eigenvalue weighted by molar-refractivity contribution is -0.142. The Morgan fingerprint density at radius 1 is 1.47 bits per heavy atom. The van der Waals surface area contributed by atoms with Crippen molar-refractivity contribution < 1.29 is 14.6 Å². The van der Waals surface area contributed by atoms with Gasteiger partial charge < -0.3 is 15.6 Å². The summed E-state index contributed by atoms with van der Waals surface area (Å²) in [5.74, 6) is -0.474. The summed E-state index contributed by atoms with van der Waals surface area (Å²) in [6.07, 6.45) is 2.74. The summed E-state index contributed by atoms with van der Waals surface area (Å²) in [6.45, 7) is 2.47. The van der Waals surface area contributed by atoms with Crippen LogP contribution in [0.5, 0.6) is 5.75 Å². The highest BCUT2D eigenvalue weighted by Crippen LogP contribution is 2.19. The number of carboxylic acids is 1. The zero-order chi connectivity index (χ0) is 14.3. The number of carbonyl (C=O) groups is 1. The number of aromatic nitrogens is 1. The SMILES string of the molecule is COc1cc(C)nc(CC(CCCCN)C(=O)O)c1. The highest BCUT2D eigenvalue weighted by atomic mass is 16.5. The Morgan fingerprint density at radius 2 is 2.21 bits per heavy atom. The number of nitrogens with zero attached hydrogens (tertiary/aromatic N) is 1. The summed E-state index contributed by atoms with van der Waals surface area (Å²) < 4.78 is 5.17. The molecule has 0 saturated carbocycles. The Bertz CT molecular complexity index is 421. The fourth-order valence-corrected chi connectivity index (χ4v) is 2.03. The van der Waals surface area contributed by atoms with Crippen molar-refractivity contribution in [3.8, 4) is 5.75 Å². The molecule has 1 atom stereocenters. The summed E-state index contributed by atoms with van der Waals surface area (Å²) in [4.78, 5) is 15.6. The molecule has 19 heavy (non-hydrogen) atoms. The van der Waals surface area contributed by atoms with Gasteiger partial charge >= 0.3 is 5.97 Å². The van der Waals surface area contributed by atoms with E-state index in [2.05, 4.69) is 4.98 Å². The van der Waals surface area contributed by atoms with Crippen molar-refractivity contribution in [3.05, 3.63) is 23.5 Å². The Hall–Kier alpha value is -1.62. The minimum Gasteiger partial charge on any atom is -0.497 e. The summed E-state index contributed by atoms with van der Waals surface area (Å²) in [5.41, 5.74) is 7.02. The number of methoxy groups -OCH3 is 1. The van der Waals surface area contributed by atoms with E-state index < -0.39 is 11.9 Å². The van der Waals surface area contributed by atoms with Gasteiger partial charge in [0.05, 0.1) is 13.0 Å². The maximum atomic E-state index is 11.2. The van der Waals surface area contributed by atoms with E-state index in [4.69, 9.17) is 10.5 Å². The Labute approximate surface area is 113 Å². The number of unbranched alkanes of at least 4 members (excludes halogenated alkanes) is 1. The van der Waals surface area contributed by atoms with Gasteiger partial charge in [0.1, 0.15) is 5.75 Å². The fraction of sp³-hybridized carbons (Fsp3) is 0.571. The lowest BCUT2D eigenvalue weighted by Gasteiger charge is -2.12. The molecule has 1 unspecified atom stereocenters. The van der Waals surface area contributed by atoms with E-state index in [9.17, 15) is 9.90 Å². The average molecular weight is 266 g/mol. The Balaban J connectivity index is 2.72. The van der Waals surface area contributed by atoms with Crippen LogP contribution in [0.15, 0.2) is 12.1 Å². The summed E-state index contributed by atoms with van der Waals surface area (Å²) in [6, 6.07) is 3.62. The smallest absolute Gasteiger partial charge is 0.306 e. The van der Waals surface area contributed by atoms with Gasteiger partial charge in [0.15, 0.2) is 0 Å². The van der Waals surface area contributed by atoms with Gasteiger partial charge in [0.25, 0.3) is 0 Å². The highest BCUT2D eigenvalue weighted by molar-refractivity contribution is 5.70. The van der Waals surface area contributed by atoms with Crippen molar-refractivity contribution in [2.45, 2.75) is 32.6 Å². The second kappa shape index (κ2) is 7.74. The molecule has 5 nitrogen and oxygen atoms in total. The van der Waals surface area contributed by atoms with Gasteiger partial charge in [0, 0.05) is 29.9 Å². The van der Waals surface area contributed by atoms with E-state index in [1.165, 1.54) is 0 Å². The Morgan fingerprint density at radius 3 is 2.79 bits per heavy atom. The van der Waals surface area contributed by atoms with Gasteiger partial charge in [-0.25, -0.2) is 0 Å². The third kappa shape index (κ3) is 5.26. The minimum atomic E-state index is -0.778. The zero-order valence-corrected chi connectivity index (χ0v) is 11.6. The molecule has 1 aromatic heterocycles. The first-order chi connectivity index (χ1) is 9.06. The second-order valence-corrected chi connectivity index (χ2v) is 4.66. The number of carboxylic acid groups (broad SMARTS) is 1. The molecular formula is C14H22N2O3. The fourth-order valence-electron chi connectivity index (χ4n) is 2.03. The van der Waals surface area contributed by atoms with E-state index >= 15 is 0 Å². The molecule has 0 saturated heterocycles. The van der Waals surface area contributed by atoms with E-state index in [1.54, 1.807) is 13.2 Å². The molecule has 0 aliphatic carbocycles. The van der Waals surface area contributed by atoms with Gasteiger partial charge in [-0.1, -0.05) is 6.42 Å². The molecule has 0 aliphatic heterocycles. The van der Waals surface area contributed by atoms with Gasteiger partial charge in [-0.05, 0) is 26.3 Å². The van der Waals surface area contributed by atoms with Gasteiger partial charge in [-0.3, -0.25) is 9.78 Å². The van der Waals surface area contributed by atoms with E-state index in [0.29, 0.717) is 25.1 Å². The van der Waals surface area contributed by atoms with E-state index in [-0.39, 0.29) is 0 Å². The molecule has 0 aromatic carbocycles. The molecule has 0 fully saturated rings. The van der Waals surface area contributed by atoms with Crippen molar-refractivity contribution in [2.24, 2.45) is 11.7 Å². The van der Waals surface area contributed by atoms with Crippen molar-refractivity contribution in [2.75, 3.05) is 13.7 Å². The zero-order valence-electron chi connectivity index (χ0n) is 11.6. The first kappa shape index (κ1) is 15.4. The molecule has 0 aliphatic rings. The molecule has 1 rings (SSSR count). The van der Waals surface area contributed by atoms with Crippen LogP contribution in [0.25, 0.3) is 0 Å². The van der Waals surface area contributed by atoms with Crippen LogP contribution in [-0.2, 0) is 11.2 Å². The average Bonchev–Trinajstić information content (AvgIpc) is 2.37. The third-order valence-electron chi connectivity index (χ3n) is 3.03. The van der Waals surface area contributed by atoms with Crippen molar-refractivity contribution in [1.82, 2.24) is 4.98 Å². The first-order valence-corrected chi connectivity index (χ1v) is 6.51. The number of hydrogen-bond acceptors (Lipinski definition) is 4. The number of aryl methyl sites for hydroxylation is 1. The molecular weight excluding hydrogens is 244 g/mol. The topological polar surface area (TPSA) is 85.4 Å². The van der Waals surface area contributed by atoms with Crippen molar-refractivity contribution in [1.29, 1.82) is 0 Å². The molecule has 1 aromatic rings. The quantitative estimate of drug-likeness (QED) is 0.700. The number of rotatable bonds is 8. The van der Waals surface area contributed by atoms with Crippen LogP contribution in [0.2, 0.25) is 0 Å². The number of aliphatic carboxylic acids is 1. The summed E-state index contributed by atoms with van der Waals surface area (Å²) in [5, 5.41) is 9.24. The van der Waals surface area contributed by atoms with Crippen LogP contribution in [-0.4, -0.2) is 29.7 Å². The van der Waals surface area contributed by atoms with Crippen LogP contribution in [0.3, 0.4) is 0 Å². The van der Waals surface area contributed by atoms with Gasteiger partial charge in [-0.15, -0.1) is 0 Å². The molecule has 106 valence electrons. The standard InChI is InChI=1S/C14H22N2O3/c1-10-7-13(19-2)9-12(16-10)8-11(14(17)18)5-3-4-6-15/h7,9,11H,3-6,8,15H2,1-2H3,(H,17,18). The van der Waals surface area contributed by atoms with Crippen LogP contribution >= 0.6 is 0 Å². The van der Waals surface area contributed by atoms with Crippen molar-refractivity contribution >= 4 is 5.97 Å². The first-order valence-electron chi connectivity index (χ1n) is 6.51. The predicted octanol–water partition coefficient (Wildman–Crippen LogP) is 1.77. The molecule has 0 spiro atoms. The molecule has 5 heteroatoms. The van der Waals surface area contributed by atoms with Crippen LogP contribution in [0.1, 0.15) is 30.7 Å². The summed E-state index contributed by atoms with van der Waals surface area (Å²) >= 11 is 0. The number of hydrogen-bond donors (Lipinski definition) is 2. The second-order valence-electron chi connectivity index (χ2n) is 4.66. The van der Waals surface area contributed by atoms with Crippen LogP contribution in [0.4, 0.5) is 0 Å². The lowest BCUT2D eigenvalue weighted by atomic mass is 9.96. The van der Waals surface area contributed by atoms with Gasteiger partial charge in [-0.2, -0.15) is 0 Å². The van der Waals surface area contributed by atoms with Crippen molar-refractivity contribution in [3.63, 3.8) is 0 Å². The third-order valence-corrected chi connectivity index (χ3v) is 3.03. The lowest BCUT2D eigenvalue weighted by Crippen LogP contribution is -2.17. The molecule has 0 amide bonds. The normalized spacial score (nSPS) is 12.2. The predicted molar refractivity (Wildman–Crippen MR) is 73.3 cm³/mol. The number of ether oxygens (including phenoxy) is 1. The molecule has 0 radical (unpaired) electrons. The number of pyridine rings is 1. The Kier molecular flexibility index (Phi) is 6.29. The summed E-state index contributed by atoms with van der Waals surface area (Å²) in [7, 11) is 1.59. The molecule has 3 N–H and O–H groups in total. The maximum Gasteiger partial charge on any atom is 0.306 e. The highest BCUT2D eigenvalue weighted by Gasteiger charge is 2.18. The maximum absolute atomic E-state index is 11.2. The largest absolute Gasteiger partial charge is 0.497 e. The number of nitrogens with two attached hydrogens (primary N) is 1. The monoisotopic (exact) mass is 266 g/mol. The minimum absolute atomic E-state index is 0.412.